The minimum Gasteiger partial charge on any atom is -0.349 e. The van der Waals surface area contributed by atoms with Crippen molar-refractivity contribution in [2.24, 2.45) is 5.92 Å². The molecule has 164 valence electrons. The third-order valence-electron chi connectivity index (χ3n) is 4.32. The summed E-state index contributed by atoms with van der Waals surface area (Å²) >= 11 is 0. The highest BCUT2D eigenvalue weighted by Crippen LogP contribution is 2.32. The molecule has 0 aliphatic rings. The molecule has 0 saturated heterocycles. The summed E-state index contributed by atoms with van der Waals surface area (Å²) in [6.07, 6.45) is -3.13. The molecule has 30 heavy (non-hydrogen) atoms. The molecular weight excluding hydrogens is 417 g/mol. The topological polar surface area (TPSA) is 75.3 Å². The van der Waals surface area contributed by atoms with Crippen LogP contribution in [0.25, 0.3) is 0 Å². The van der Waals surface area contributed by atoms with Gasteiger partial charge < -0.3 is 5.32 Å². The van der Waals surface area contributed by atoms with Crippen LogP contribution in [0.3, 0.4) is 0 Å². The van der Waals surface area contributed by atoms with Crippen molar-refractivity contribution in [1.82, 2.24) is 5.32 Å². The first-order valence-corrected chi connectivity index (χ1v) is 11.3. The van der Waals surface area contributed by atoms with E-state index in [2.05, 4.69) is 10.0 Å². The fourth-order valence-corrected chi connectivity index (χ4v) is 3.67. The van der Waals surface area contributed by atoms with Crippen molar-refractivity contribution in [3.8, 4) is 0 Å². The predicted octanol–water partition coefficient (Wildman–Crippen LogP) is 4.52. The monoisotopic (exact) mass is 442 g/mol. The third kappa shape index (κ3) is 7.37. The number of benzene rings is 2. The van der Waals surface area contributed by atoms with Crippen LogP contribution >= 0.6 is 0 Å². The van der Waals surface area contributed by atoms with Crippen LogP contribution in [0, 0.1) is 5.92 Å². The van der Waals surface area contributed by atoms with E-state index in [1.54, 1.807) is 30.3 Å². The highest BCUT2D eigenvalue weighted by Gasteiger charge is 2.31. The van der Waals surface area contributed by atoms with Crippen molar-refractivity contribution < 1.29 is 26.4 Å². The zero-order valence-corrected chi connectivity index (χ0v) is 17.8. The molecule has 0 radical (unpaired) electrons. The van der Waals surface area contributed by atoms with E-state index >= 15 is 0 Å². The molecule has 0 spiro atoms. The summed E-state index contributed by atoms with van der Waals surface area (Å²) in [6, 6.07) is 10.8. The third-order valence-corrected chi connectivity index (χ3v) is 4.91. The molecule has 9 heteroatoms. The van der Waals surface area contributed by atoms with Gasteiger partial charge in [-0.3, -0.25) is 9.52 Å². The highest BCUT2D eigenvalue weighted by molar-refractivity contribution is 7.92. The van der Waals surface area contributed by atoms with Crippen molar-refractivity contribution in [3.05, 3.63) is 65.2 Å². The summed E-state index contributed by atoms with van der Waals surface area (Å²) in [6.45, 7) is 3.83. The molecule has 2 aromatic carbocycles. The molecule has 0 saturated carbocycles. The van der Waals surface area contributed by atoms with Gasteiger partial charge in [0.15, 0.2) is 0 Å². The summed E-state index contributed by atoms with van der Waals surface area (Å²) in [5.41, 5.74) is 0.350. The Balaban J connectivity index is 2.23. The molecule has 0 bridgehead atoms. The lowest BCUT2D eigenvalue weighted by atomic mass is 9.95. The Hall–Kier alpha value is -2.55. The Labute approximate surface area is 174 Å². The van der Waals surface area contributed by atoms with Gasteiger partial charge >= 0.3 is 6.18 Å². The fourth-order valence-electron chi connectivity index (χ4n) is 3.07. The first-order chi connectivity index (χ1) is 13.8. The number of anilines is 1. The minimum absolute atomic E-state index is 0.119. The van der Waals surface area contributed by atoms with E-state index in [1.165, 1.54) is 6.07 Å². The van der Waals surface area contributed by atoms with E-state index in [9.17, 15) is 26.4 Å². The highest BCUT2D eigenvalue weighted by atomic mass is 32.2. The summed E-state index contributed by atoms with van der Waals surface area (Å²) in [5.74, 6) is -0.287. The Morgan fingerprint density at radius 1 is 1.07 bits per heavy atom. The Morgan fingerprint density at radius 3 is 2.33 bits per heavy atom. The Bertz CT molecular complexity index is 989. The van der Waals surface area contributed by atoms with Crippen LogP contribution in [0.4, 0.5) is 18.9 Å². The maximum Gasteiger partial charge on any atom is 0.416 e. The summed E-state index contributed by atoms with van der Waals surface area (Å²) in [5, 5.41) is 2.80. The number of rotatable bonds is 8. The zero-order valence-electron chi connectivity index (χ0n) is 17.0. The molecule has 2 rings (SSSR count). The lowest BCUT2D eigenvalue weighted by molar-refractivity contribution is -0.137. The molecule has 0 aliphatic heterocycles. The van der Waals surface area contributed by atoms with Crippen LogP contribution in [0.15, 0.2) is 48.5 Å². The Morgan fingerprint density at radius 2 is 1.73 bits per heavy atom. The molecule has 0 heterocycles. The number of hydrogen-bond acceptors (Lipinski definition) is 3. The maximum absolute atomic E-state index is 13.1. The second-order valence-electron chi connectivity index (χ2n) is 7.58. The molecule has 5 nitrogen and oxygen atoms in total. The van der Waals surface area contributed by atoms with Crippen LogP contribution in [-0.2, 0) is 27.4 Å². The molecule has 0 aromatic heterocycles. The SMILES string of the molecule is CC(C)CC(NC(=O)Cc1ccccc1NS(C)(=O)=O)c1cccc(C(F)(F)F)c1. The van der Waals surface area contributed by atoms with Crippen LogP contribution in [0.5, 0.6) is 0 Å². The van der Waals surface area contributed by atoms with E-state index in [-0.39, 0.29) is 18.0 Å². The van der Waals surface area contributed by atoms with Gasteiger partial charge in [0.2, 0.25) is 15.9 Å². The summed E-state index contributed by atoms with van der Waals surface area (Å²) < 4.78 is 64.7. The average molecular weight is 443 g/mol. The van der Waals surface area contributed by atoms with Gasteiger partial charge in [-0.1, -0.05) is 44.2 Å². The van der Waals surface area contributed by atoms with Crippen LogP contribution in [-0.4, -0.2) is 20.6 Å². The largest absolute Gasteiger partial charge is 0.416 e. The number of hydrogen-bond donors (Lipinski definition) is 2. The van der Waals surface area contributed by atoms with Gasteiger partial charge in [-0.2, -0.15) is 13.2 Å². The van der Waals surface area contributed by atoms with E-state index in [0.717, 1.165) is 18.4 Å². The van der Waals surface area contributed by atoms with Gasteiger partial charge in [0.05, 0.1) is 30.0 Å². The van der Waals surface area contributed by atoms with Crippen LogP contribution < -0.4 is 10.0 Å². The Kier molecular flexibility index (Phi) is 7.52. The molecule has 1 unspecified atom stereocenters. The zero-order chi connectivity index (χ0) is 22.5. The number of carbonyl (C=O) groups is 1. The molecule has 0 fully saturated rings. The summed E-state index contributed by atoms with van der Waals surface area (Å²) in [7, 11) is -3.52. The molecule has 2 aromatic rings. The van der Waals surface area contributed by atoms with Gasteiger partial charge in [0.25, 0.3) is 0 Å². The smallest absolute Gasteiger partial charge is 0.349 e. The second-order valence-corrected chi connectivity index (χ2v) is 9.33. The lowest BCUT2D eigenvalue weighted by Crippen LogP contribution is -2.31. The number of sulfonamides is 1. The van der Waals surface area contributed by atoms with Crippen molar-refractivity contribution in [2.75, 3.05) is 11.0 Å². The standard InChI is InChI=1S/C21H25F3N2O3S/c1-14(2)11-19(15-8-6-9-17(12-15)21(22,23)24)25-20(27)13-16-7-4-5-10-18(16)26-30(3,28)29/h4-10,12,14,19,26H,11,13H2,1-3H3,(H,25,27). The molecule has 1 atom stereocenters. The van der Waals surface area contributed by atoms with Crippen molar-refractivity contribution >= 4 is 21.6 Å². The molecule has 2 N–H and O–H groups in total. The predicted molar refractivity (Wildman–Crippen MR) is 110 cm³/mol. The van der Waals surface area contributed by atoms with Gasteiger partial charge in [-0.15, -0.1) is 0 Å². The average Bonchev–Trinajstić information content (AvgIpc) is 2.60. The number of halogens is 3. The van der Waals surface area contributed by atoms with E-state index in [0.29, 0.717) is 17.5 Å². The number of alkyl halides is 3. The minimum atomic E-state index is -4.47. The number of para-hydroxylation sites is 1. The quantitative estimate of drug-likeness (QED) is 0.631. The first kappa shape index (κ1) is 23.7. The van der Waals surface area contributed by atoms with E-state index < -0.39 is 33.7 Å². The van der Waals surface area contributed by atoms with E-state index in [1.807, 2.05) is 13.8 Å². The lowest BCUT2D eigenvalue weighted by Gasteiger charge is -2.22. The van der Waals surface area contributed by atoms with Crippen molar-refractivity contribution in [3.63, 3.8) is 0 Å². The van der Waals surface area contributed by atoms with Crippen molar-refractivity contribution in [2.45, 2.75) is 38.9 Å². The van der Waals surface area contributed by atoms with Gasteiger partial charge in [0.1, 0.15) is 0 Å². The fraction of sp³-hybridized carbons (Fsp3) is 0.381. The van der Waals surface area contributed by atoms with Crippen LogP contribution in [0.2, 0.25) is 0 Å². The maximum atomic E-state index is 13.1. The van der Waals surface area contributed by atoms with Gasteiger partial charge in [-0.05, 0) is 41.7 Å². The van der Waals surface area contributed by atoms with Gasteiger partial charge in [0, 0.05) is 0 Å². The normalized spacial score (nSPS) is 13.2. The van der Waals surface area contributed by atoms with Crippen molar-refractivity contribution in [1.29, 1.82) is 0 Å². The van der Waals surface area contributed by atoms with Gasteiger partial charge in [-0.25, -0.2) is 8.42 Å². The number of nitrogens with one attached hydrogen (secondary N) is 2. The second kappa shape index (κ2) is 9.51. The van der Waals surface area contributed by atoms with Crippen LogP contribution in [0.1, 0.15) is 43.0 Å². The molecular formula is C21H25F3N2O3S. The first-order valence-electron chi connectivity index (χ1n) is 9.37. The number of amides is 1. The van der Waals surface area contributed by atoms with E-state index in [4.69, 9.17) is 0 Å². The molecule has 0 aliphatic carbocycles. The molecule has 1 amide bonds. The summed E-state index contributed by atoms with van der Waals surface area (Å²) in [4.78, 5) is 12.7. The number of carbonyl (C=O) groups excluding carboxylic acids is 1.